The Labute approximate surface area is 102 Å². The molecule has 0 spiro atoms. The van der Waals surface area contributed by atoms with Gasteiger partial charge in [0.15, 0.2) is 0 Å². The lowest BCUT2D eigenvalue weighted by molar-refractivity contribution is -0.131. The Bertz CT molecular complexity index is 298. The van der Waals surface area contributed by atoms with Crippen LogP contribution in [0.5, 0.6) is 0 Å². The predicted octanol–water partition coefficient (Wildman–Crippen LogP) is -0.574. The highest BCUT2D eigenvalue weighted by molar-refractivity contribution is 5.80. The number of hydrogen-bond donors (Lipinski definition) is 1. The van der Waals surface area contributed by atoms with E-state index in [0.29, 0.717) is 19.5 Å². The quantitative estimate of drug-likeness (QED) is 0.646. The van der Waals surface area contributed by atoms with Crippen molar-refractivity contribution in [3.8, 4) is 6.07 Å². The van der Waals surface area contributed by atoms with Crippen molar-refractivity contribution in [2.24, 2.45) is 0 Å². The van der Waals surface area contributed by atoms with Crippen LogP contribution in [0.4, 0.5) is 0 Å². The first kappa shape index (κ1) is 15.4. The Hall–Kier alpha value is -1.61. The lowest BCUT2D eigenvalue weighted by Gasteiger charge is -2.22. The number of nitrogens with one attached hydrogen (secondary N) is 1. The molecule has 0 bridgehead atoms. The highest BCUT2D eigenvalue weighted by atomic mass is 16.2. The summed E-state index contributed by atoms with van der Waals surface area (Å²) in [7, 11) is 3.23. The molecular weight excluding hydrogens is 220 g/mol. The third kappa shape index (κ3) is 6.53. The smallest absolute Gasteiger partial charge is 0.236 e. The summed E-state index contributed by atoms with van der Waals surface area (Å²) in [6.45, 7) is 3.36. The van der Waals surface area contributed by atoms with Gasteiger partial charge in [0.25, 0.3) is 0 Å². The van der Waals surface area contributed by atoms with Gasteiger partial charge in [0.05, 0.1) is 25.6 Å². The van der Waals surface area contributed by atoms with Gasteiger partial charge >= 0.3 is 0 Å². The van der Waals surface area contributed by atoms with E-state index in [1.807, 2.05) is 13.0 Å². The molecule has 0 aliphatic heterocycles. The van der Waals surface area contributed by atoms with E-state index in [1.165, 1.54) is 4.90 Å². The van der Waals surface area contributed by atoms with Gasteiger partial charge in [-0.2, -0.15) is 5.26 Å². The van der Waals surface area contributed by atoms with Gasteiger partial charge in [0, 0.05) is 20.6 Å². The highest BCUT2D eigenvalue weighted by Gasteiger charge is 2.14. The topological polar surface area (TPSA) is 76.4 Å². The van der Waals surface area contributed by atoms with Crippen molar-refractivity contribution in [1.82, 2.24) is 15.1 Å². The second-order valence-corrected chi connectivity index (χ2v) is 3.70. The van der Waals surface area contributed by atoms with Crippen LogP contribution in [0.25, 0.3) is 0 Å². The molecule has 0 radical (unpaired) electrons. The molecule has 0 aromatic carbocycles. The maximum Gasteiger partial charge on any atom is 0.236 e. The number of nitrogens with zero attached hydrogens (tertiary/aromatic N) is 3. The summed E-state index contributed by atoms with van der Waals surface area (Å²) in [5.74, 6) is -0.190. The molecule has 17 heavy (non-hydrogen) atoms. The van der Waals surface area contributed by atoms with E-state index in [0.717, 1.165) is 0 Å². The predicted molar refractivity (Wildman–Crippen MR) is 64.0 cm³/mol. The number of rotatable bonds is 7. The molecule has 0 saturated heterocycles. The molecule has 0 aromatic heterocycles. The average molecular weight is 240 g/mol. The minimum absolute atomic E-state index is 0.0778. The first-order chi connectivity index (χ1) is 8.04. The van der Waals surface area contributed by atoms with Crippen LogP contribution >= 0.6 is 0 Å². The molecule has 96 valence electrons. The van der Waals surface area contributed by atoms with E-state index < -0.39 is 0 Å². The molecule has 6 heteroatoms. The second kappa shape index (κ2) is 8.53. The van der Waals surface area contributed by atoms with Crippen LogP contribution in [0.1, 0.15) is 13.3 Å². The van der Waals surface area contributed by atoms with E-state index >= 15 is 0 Å². The molecule has 0 heterocycles. The molecule has 0 unspecified atom stereocenters. The Kier molecular flexibility index (Phi) is 7.72. The standard InChI is InChI=1S/C11H20N4O2/c1-4-15(8-10(16)13-2)9-11(17)14(3)7-5-6-12/h4-5,7-9H2,1-3H3,(H,13,16). The van der Waals surface area contributed by atoms with Gasteiger partial charge in [-0.15, -0.1) is 0 Å². The van der Waals surface area contributed by atoms with Gasteiger partial charge in [-0.3, -0.25) is 14.5 Å². The van der Waals surface area contributed by atoms with Crippen LogP contribution in [0.2, 0.25) is 0 Å². The largest absolute Gasteiger partial charge is 0.358 e. The number of carbonyl (C=O) groups excluding carboxylic acids is 2. The van der Waals surface area contributed by atoms with Crippen LogP contribution in [-0.4, -0.2) is 61.9 Å². The van der Waals surface area contributed by atoms with Crippen molar-refractivity contribution < 1.29 is 9.59 Å². The van der Waals surface area contributed by atoms with Crippen LogP contribution in [0, 0.1) is 11.3 Å². The summed E-state index contributed by atoms with van der Waals surface area (Å²) in [5, 5.41) is 10.9. The van der Waals surface area contributed by atoms with Crippen molar-refractivity contribution in [3.05, 3.63) is 0 Å². The maximum atomic E-state index is 11.7. The number of likely N-dealkylation sites (N-methyl/N-ethyl adjacent to an activating group) is 3. The van der Waals surface area contributed by atoms with E-state index in [-0.39, 0.29) is 24.9 Å². The third-order valence-corrected chi connectivity index (χ3v) is 2.44. The summed E-state index contributed by atoms with van der Waals surface area (Å²) < 4.78 is 0. The van der Waals surface area contributed by atoms with E-state index in [2.05, 4.69) is 5.32 Å². The van der Waals surface area contributed by atoms with E-state index in [1.54, 1.807) is 19.0 Å². The zero-order valence-corrected chi connectivity index (χ0v) is 10.7. The van der Waals surface area contributed by atoms with Crippen LogP contribution in [-0.2, 0) is 9.59 Å². The summed E-state index contributed by atoms with van der Waals surface area (Å²) in [4.78, 5) is 26.2. The SMILES string of the molecule is CCN(CC(=O)NC)CC(=O)N(C)CCC#N. The van der Waals surface area contributed by atoms with Crippen LogP contribution in [0.15, 0.2) is 0 Å². The number of hydrogen-bond acceptors (Lipinski definition) is 4. The fourth-order valence-electron chi connectivity index (χ4n) is 1.22. The fraction of sp³-hybridized carbons (Fsp3) is 0.727. The lowest BCUT2D eigenvalue weighted by atomic mass is 10.3. The average Bonchev–Trinajstić information content (AvgIpc) is 2.34. The van der Waals surface area contributed by atoms with E-state index in [4.69, 9.17) is 5.26 Å². The summed E-state index contributed by atoms with van der Waals surface area (Å²) in [6.07, 6.45) is 0.323. The summed E-state index contributed by atoms with van der Waals surface area (Å²) in [5.41, 5.74) is 0. The number of amides is 2. The third-order valence-electron chi connectivity index (χ3n) is 2.44. The van der Waals surface area contributed by atoms with Crippen LogP contribution < -0.4 is 5.32 Å². The first-order valence-electron chi connectivity index (χ1n) is 5.59. The van der Waals surface area contributed by atoms with Gasteiger partial charge in [-0.05, 0) is 6.54 Å². The Morgan fingerprint density at radius 2 is 2.00 bits per heavy atom. The van der Waals surface area contributed by atoms with Crippen molar-refractivity contribution in [3.63, 3.8) is 0 Å². The maximum absolute atomic E-state index is 11.7. The molecule has 0 aliphatic carbocycles. The first-order valence-corrected chi connectivity index (χ1v) is 5.59. The lowest BCUT2D eigenvalue weighted by Crippen LogP contribution is -2.42. The molecule has 0 rings (SSSR count). The normalized spacial score (nSPS) is 9.82. The van der Waals surface area contributed by atoms with Gasteiger partial charge in [0.2, 0.25) is 11.8 Å². The minimum Gasteiger partial charge on any atom is -0.358 e. The zero-order chi connectivity index (χ0) is 13.3. The monoisotopic (exact) mass is 240 g/mol. The molecule has 0 aliphatic rings. The molecule has 0 fully saturated rings. The second-order valence-electron chi connectivity index (χ2n) is 3.70. The molecule has 0 atom stereocenters. The van der Waals surface area contributed by atoms with Crippen molar-refractivity contribution in [2.45, 2.75) is 13.3 Å². The summed E-state index contributed by atoms with van der Waals surface area (Å²) >= 11 is 0. The van der Waals surface area contributed by atoms with Crippen LogP contribution in [0.3, 0.4) is 0 Å². The minimum atomic E-state index is -0.112. The molecular formula is C11H20N4O2. The summed E-state index contributed by atoms with van der Waals surface area (Å²) in [6, 6.07) is 1.99. The van der Waals surface area contributed by atoms with Crippen molar-refractivity contribution in [2.75, 3.05) is 40.3 Å². The molecule has 0 saturated carbocycles. The van der Waals surface area contributed by atoms with Crippen molar-refractivity contribution >= 4 is 11.8 Å². The molecule has 6 nitrogen and oxygen atoms in total. The van der Waals surface area contributed by atoms with Gasteiger partial charge in [-0.25, -0.2) is 0 Å². The Balaban J connectivity index is 4.14. The number of carbonyl (C=O) groups is 2. The fourth-order valence-corrected chi connectivity index (χ4v) is 1.22. The van der Waals surface area contributed by atoms with Gasteiger partial charge in [0.1, 0.15) is 0 Å². The number of nitriles is 1. The Morgan fingerprint density at radius 1 is 1.35 bits per heavy atom. The molecule has 0 aromatic rings. The van der Waals surface area contributed by atoms with Gasteiger partial charge in [-0.1, -0.05) is 6.92 Å². The Morgan fingerprint density at radius 3 is 2.47 bits per heavy atom. The zero-order valence-electron chi connectivity index (χ0n) is 10.7. The molecule has 2 amide bonds. The van der Waals surface area contributed by atoms with Gasteiger partial charge < -0.3 is 10.2 Å². The molecule has 1 N–H and O–H groups in total. The highest BCUT2D eigenvalue weighted by Crippen LogP contribution is 1.93. The van der Waals surface area contributed by atoms with E-state index in [9.17, 15) is 9.59 Å². The van der Waals surface area contributed by atoms with Crippen molar-refractivity contribution in [1.29, 1.82) is 5.26 Å².